The van der Waals surface area contributed by atoms with Gasteiger partial charge in [-0.25, -0.2) is 12.8 Å². The van der Waals surface area contributed by atoms with Gasteiger partial charge in [0.05, 0.1) is 39.5 Å². The third kappa shape index (κ3) is 6.44. The molecule has 0 bridgehead atoms. The number of halogens is 2. The standard InChI is InChI=1S/C26H22ClFN6O6S2/c27-22-9-8-20(34(36)37)15-23(22)29-24(35)16-41-26-31-30-25(33(26)19-6-4-18(28)5-7-19)17-2-1-3-21(14-17)42(38,39)32-10-12-40-13-11-32/h1-9,14-15H,10-13,16H2,(H,29,35). The number of nitro groups is 1. The largest absolute Gasteiger partial charge is 0.379 e. The molecule has 1 aliphatic rings. The third-order valence-corrected chi connectivity index (χ3v) is 9.34. The first-order chi connectivity index (χ1) is 20.1. The van der Waals surface area contributed by atoms with Crippen LogP contribution in [0.15, 0.2) is 76.8 Å². The molecule has 1 saturated heterocycles. The summed E-state index contributed by atoms with van der Waals surface area (Å²) in [6.07, 6.45) is 0. The summed E-state index contributed by atoms with van der Waals surface area (Å²) in [6, 6.07) is 15.5. The molecule has 3 aromatic carbocycles. The lowest BCUT2D eigenvalue weighted by Gasteiger charge is -2.26. The van der Waals surface area contributed by atoms with Crippen molar-refractivity contribution in [3.8, 4) is 17.1 Å². The van der Waals surface area contributed by atoms with E-state index in [1.165, 1.54) is 52.8 Å². The van der Waals surface area contributed by atoms with Crippen LogP contribution in [0.25, 0.3) is 17.1 Å². The highest BCUT2D eigenvalue weighted by Crippen LogP contribution is 2.31. The SMILES string of the molecule is O=C(CSc1nnc(-c2cccc(S(=O)(=O)N3CCOCC3)c2)n1-c1ccc(F)cc1)Nc1cc([N+](=O)[O-])ccc1Cl. The van der Waals surface area contributed by atoms with E-state index < -0.39 is 26.7 Å². The molecule has 1 aliphatic heterocycles. The van der Waals surface area contributed by atoms with Gasteiger partial charge in [0, 0.05) is 36.5 Å². The Kier molecular flexibility index (Phi) is 8.84. The van der Waals surface area contributed by atoms with Gasteiger partial charge in [-0.15, -0.1) is 10.2 Å². The van der Waals surface area contributed by atoms with Crippen LogP contribution in [0.3, 0.4) is 0 Å². The molecule has 1 aromatic heterocycles. The molecule has 1 fully saturated rings. The molecule has 0 unspecified atom stereocenters. The van der Waals surface area contributed by atoms with Crippen LogP contribution in [0, 0.1) is 15.9 Å². The summed E-state index contributed by atoms with van der Waals surface area (Å²) in [5, 5.41) is 22.5. The molecule has 0 aliphatic carbocycles. The van der Waals surface area contributed by atoms with Crippen molar-refractivity contribution in [1.82, 2.24) is 19.1 Å². The quantitative estimate of drug-likeness (QED) is 0.161. The van der Waals surface area contributed by atoms with E-state index in [4.69, 9.17) is 16.3 Å². The van der Waals surface area contributed by atoms with E-state index in [-0.39, 0.29) is 51.1 Å². The zero-order chi connectivity index (χ0) is 29.9. The third-order valence-electron chi connectivity index (χ3n) is 6.19. The number of non-ortho nitro benzene ring substituents is 1. The smallest absolute Gasteiger partial charge is 0.271 e. The highest BCUT2D eigenvalue weighted by atomic mass is 35.5. The Hall–Kier alpha value is -3.89. The molecule has 2 heterocycles. The van der Waals surface area contributed by atoms with E-state index in [0.29, 0.717) is 24.5 Å². The van der Waals surface area contributed by atoms with Gasteiger partial charge in [-0.1, -0.05) is 35.5 Å². The second-order valence-electron chi connectivity index (χ2n) is 8.92. The first-order valence-electron chi connectivity index (χ1n) is 12.4. The van der Waals surface area contributed by atoms with E-state index in [1.54, 1.807) is 16.7 Å². The van der Waals surface area contributed by atoms with Crippen molar-refractivity contribution in [2.75, 3.05) is 37.4 Å². The number of hydrogen-bond donors (Lipinski definition) is 1. The van der Waals surface area contributed by atoms with Crippen LogP contribution in [-0.4, -0.2) is 70.4 Å². The van der Waals surface area contributed by atoms with E-state index in [9.17, 15) is 27.7 Å². The fourth-order valence-corrected chi connectivity index (χ4v) is 6.52. The summed E-state index contributed by atoms with van der Waals surface area (Å²) in [5.74, 6) is -0.889. The van der Waals surface area contributed by atoms with Gasteiger partial charge >= 0.3 is 0 Å². The number of morpholine rings is 1. The van der Waals surface area contributed by atoms with Crippen LogP contribution >= 0.6 is 23.4 Å². The number of anilines is 1. The molecule has 1 N–H and O–H groups in total. The Morgan fingerprint density at radius 3 is 2.55 bits per heavy atom. The first-order valence-corrected chi connectivity index (χ1v) is 15.2. The zero-order valence-corrected chi connectivity index (χ0v) is 24.0. The minimum atomic E-state index is -3.80. The molecule has 16 heteroatoms. The summed E-state index contributed by atoms with van der Waals surface area (Å²) < 4.78 is 48.5. The van der Waals surface area contributed by atoms with Crippen molar-refractivity contribution in [2.45, 2.75) is 10.1 Å². The van der Waals surface area contributed by atoms with Crippen molar-refractivity contribution < 1.29 is 27.3 Å². The number of nitro benzene ring substituents is 1. The van der Waals surface area contributed by atoms with Gasteiger partial charge < -0.3 is 10.1 Å². The maximum atomic E-state index is 13.8. The second-order valence-corrected chi connectivity index (χ2v) is 12.2. The number of aromatic nitrogens is 3. The number of sulfonamides is 1. The van der Waals surface area contributed by atoms with Gasteiger partial charge in [0.1, 0.15) is 5.82 Å². The van der Waals surface area contributed by atoms with Gasteiger partial charge in [0.25, 0.3) is 5.69 Å². The Bertz CT molecular complexity index is 1750. The van der Waals surface area contributed by atoms with E-state index in [2.05, 4.69) is 15.5 Å². The molecule has 42 heavy (non-hydrogen) atoms. The second kappa shape index (κ2) is 12.5. The summed E-state index contributed by atoms with van der Waals surface area (Å²) in [7, 11) is -3.80. The van der Waals surface area contributed by atoms with Crippen LogP contribution in [0.2, 0.25) is 5.02 Å². The van der Waals surface area contributed by atoms with Crippen LogP contribution in [-0.2, 0) is 19.6 Å². The molecule has 0 radical (unpaired) electrons. The predicted molar refractivity (Wildman–Crippen MR) is 154 cm³/mol. The summed E-state index contributed by atoms with van der Waals surface area (Å²) >= 11 is 7.10. The Labute approximate surface area is 248 Å². The minimum Gasteiger partial charge on any atom is -0.379 e. The highest BCUT2D eigenvalue weighted by Gasteiger charge is 2.27. The zero-order valence-electron chi connectivity index (χ0n) is 21.6. The van der Waals surface area contributed by atoms with Crippen molar-refractivity contribution in [3.05, 3.63) is 87.7 Å². The van der Waals surface area contributed by atoms with E-state index >= 15 is 0 Å². The molecule has 1 amide bonds. The van der Waals surface area contributed by atoms with Gasteiger partial charge in [-0.3, -0.25) is 19.5 Å². The van der Waals surface area contributed by atoms with Gasteiger partial charge in [-0.2, -0.15) is 4.31 Å². The molecule has 5 rings (SSSR count). The normalized spacial score (nSPS) is 14.0. The lowest BCUT2D eigenvalue weighted by Crippen LogP contribution is -2.40. The van der Waals surface area contributed by atoms with Crippen LogP contribution < -0.4 is 5.32 Å². The first kappa shape index (κ1) is 29.6. The van der Waals surface area contributed by atoms with E-state index in [1.807, 2.05) is 0 Å². The number of ether oxygens (including phenoxy) is 1. The number of benzene rings is 3. The molecule has 4 aromatic rings. The number of hydrogen-bond acceptors (Lipinski definition) is 9. The fourth-order valence-electron chi connectivity index (χ4n) is 4.14. The van der Waals surface area contributed by atoms with Crippen LogP contribution in [0.5, 0.6) is 0 Å². The highest BCUT2D eigenvalue weighted by molar-refractivity contribution is 7.99. The predicted octanol–water partition coefficient (Wildman–Crippen LogP) is 4.39. The molecule has 12 nitrogen and oxygen atoms in total. The number of nitrogens with one attached hydrogen (secondary N) is 1. The molecular weight excluding hydrogens is 611 g/mol. The number of carbonyl (C=O) groups excluding carboxylic acids is 1. The van der Waals surface area contributed by atoms with Crippen LogP contribution in [0.1, 0.15) is 0 Å². The average molecular weight is 633 g/mol. The molecule has 0 atom stereocenters. The van der Waals surface area contributed by atoms with Crippen LogP contribution in [0.4, 0.5) is 15.8 Å². The van der Waals surface area contributed by atoms with Gasteiger partial charge in [-0.05, 0) is 42.5 Å². The monoisotopic (exact) mass is 632 g/mol. The van der Waals surface area contributed by atoms with Crippen molar-refractivity contribution in [2.24, 2.45) is 0 Å². The van der Waals surface area contributed by atoms with Crippen molar-refractivity contribution in [3.63, 3.8) is 0 Å². The fraction of sp³-hybridized carbons (Fsp3) is 0.192. The molecular formula is C26H22ClFN6O6S2. The topological polar surface area (TPSA) is 150 Å². The maximum absolute atomic E-state index is 13.8. The molecule has 0 spiro atoms. The number of thioether (sulfide) groups is 1. The number of rotatable bonds is 9. The van der Waals surface area contributed by atoms with E-state index in [0.717, 1.165) is 17.8 Å². The minimum absolute atomic E-state index is 0.0676. The Morgan fingerprint density at radius 2 is 1.83 bits per heavy atom. The molecule has 218 valence electrons. The average Bonchev–Trinajstić information content (AvgIpc) is 3.42. The lowest BCUT2D eigenvalue weighted by atomic mass is 10.2. The Morgan fingerprint density at radius 1 is 1.10 bits per heavy atom. The van der Waals surface area contributed by atoms with Crippen molar-refractivity contribution >= 4 is 50.7 Å². The van der Waals surface area contributed by atoms with Gasteiger partial charge in [0.2, 0.25) is 15.9 Å². The number of amides is 1. The summed E-state index contributed by atoms with van der Waals surface area (Å²) in [5.41, 5.74) is 0.750. The lowest BCUT2D eigenvalue weighted by molar-refractivity contribution is -0.384. The molecule has 0 saturated carbocycles. The number of nitrogens with zero attached hydrogens (tertiary/aromatic N) is 5. The number of carbonyl (C=O) groups is 1. The van der Waals surface area contributed by atoms with Crippen molar-refractivity contribution in [1.29, 1.82) is 0 Å². The maximum Gasteiger partial charge on any atom is 0.271 e. The summed E-state index contributed by atoms with van der Waals surface area (Å²) in [6.45, 7) is 1.09. The van der Waals surface area contributed by atoms with Gasteiger partial charge in [0.15, 0.2) is 11.0 Å². The summed E-state index contributed by atoms with van der Waals surface area (Å²) in [4.78, 5) is 23.3. The Balaban J connectivity index is 1.44.